The number of hydrogen-bond donors (Lipinski definition) is 3. The summed E-state index contributed by atoms with van der Waals surface area (Å²) >= 11 is 0. The molecule has 0 radical (unpaired) electrons. The first-order valence-corrected chi connectivity index (χ1v) is 7.19. The molecule has 6 nitrogen and oxygen atoms in total. The zero-order valence-corrected chi connectivity index (χ0v) is 13.2. The second-order valence-corrected chi connectivity index (χ2v) is 5.89. The van der Waals surface area contributed by atoms with Crippen LogP contribution in [-0.2, 0) is 4.79 Å². The molecular weight excluding hydrogens is 258 g/mol. The number of carbonyl (C=O) groups excluding carboxylic acids is 1. The molecule has 2 amide bonds. The quantitative estimate of drug-likeness (QED) is 0.569. The number of carbonyl (C=O) groups is 2. The van der Waals surface area contributed by atoms with Crippen LogP contribution < -0.4 is 10.6 Å². The van der Waals surface area contributed by atoms with Crippen LogP contribution in [0.3, 0.4) is 0 Å². The SMILES string of the molecule is CCN(C)CCNC(=O)NCCC(C)(C)CCC(=O)O. The number of hydrogen-bond acceptors (Lipinski definition) is 3. The van der Waals surface area contributed by atoms with Crippen molar-refractivity contribution >= 4 is 12.0 Å². The maximum absolute atomic E-state index is 11.5. The van der Waals surface area contributed by atoms with Crippen LogP contribution in [0, 0.1) is 5.41 Å². The van der Waals surface area contributed by atoms with Crippen LogP contribution in [0.2, 0.25) is 0 Å². The summed E-state index contributed by atoms with van der Waals surface area (Å²) < 4.78 is 0. The molecule has 20 heavy (non-hydrogen) atoms. The fraction of sp³-hybridized carbons (Fsp3) is 0.857. The number of carboxylic acid groups (broad SMARTS) is 1. The molecule has 0 aromatic carbocycles. The second-order valence-electron chi connectivity index (χ2n) is 5.89. The van der Waals surface area contributed by atoms with Gasteiger partial charge in [0.25, 0.3) is 0 Å². The molecule has 0 bridgehead atoms. The Labute approximate surface area is 121 Å². The lowest BCUT2D eigenvalue weighted by molar-refractivity contribution is -0.137. The van der Waals surface area contributed by atoms with Crippen LogP contribution in [0.4, 0.5) is 4.79 Å². The Morgan fingerprint density at radius 3 is 2.30 bits per heavy atom. The summed E-state index contributed by atoms with van der Waals surface area (Å²) in [6, 6.07) is -0.163. The standard InChI is InChI=1S/C14H29N3O3/c1-5-17(4)11-10-16-13(20)15-9-8-14(2,3)7-6-12(18)19/h5-11H2,1-4H3,(H,18,19)(H2,15,16,20). The minimum absolute atomic E-state index is 0.0753. The number of carboxylic acids is 1. The normalized spacial score (nSPS) is 11.4. The predicted molar refractivity (Wildman–Crippen MR) is 79.8 cm³/mol. The number of nitrogens with one attached hydrogen (secondary N) is 2. The van der Waals surface area contributed by atoms with E-state index in [9.17, 15) is 9.59 Å². The lowest BCUT2D eigenvalue weighted by atomic mass is 9.84. The van der Waals surface area contributed by atoms with Gasteiger partial charge in [0.2, 0.25) is 0 Å². The summed E-state index contributed by atoms with van der Waals surface area (Å²) in [5.41, 5.74) is -0.0753. The molecule has 0 aliphatic heterocycles. The van der Waals surface area contributed by atoms with Crippen LogP contribution in [0.25, 0.3) is 0 Å². The van der Waals surface area contributed by atoms with E-state index in [0.717, 1.165) is 19.5 Å². The van der Waals surface area contributed by atoms with E-state index in [2.05, 4.69) is 22.5 Å². The highest BCUT2D eigenvalue weighted by molar-refractivity contribution is 5.73. The van der Waals surface area contributed by atoms with Crippen LogP contribution in [0.5, 0.6) is 0 Å². The van der Waals surface area contributed by atoms with E-state index in [1.165, 1.54) is 0 Å². The fourth-order valence-corrected chi connectivity index (χ4v) is 1.67. The number of urea groups is 1. The van der Waals surface area contributed by atoms with Gasteiger partial charge in [0, 0.05) is 26.1 Å². The molecule has 0 aromatic heterocycles. The zero-order chi connectivity index (χ0) is 15.6. The molecule has 0 rings (SSSR count). The van der Waals surface area contributed by atoms with Gasteiger partial charge in [-0.2, -0.15) is 0 Å². The Bertz CT molecular complexity index is 306. The van der Waals surface area contributed by atoms with E-state index in [1.807, 2.05) is 20.9 Å². The lowest BCUT2D eigenvalue weighted by Gasteiger charge is -2.24. The Balaban J connectivity index is 3.71. The second kappa shape index (κ2) is 9.58. The molecule has 0 saturated carbocycles. The van der Waals surface area contributed by atoms with Crippen molar-refractivity contribution in [3.63, 3.8) is 0 Å². The third kappa shape index (κ3) is 10.6. The lowest BCUT2D eigenvalue weighted by Crippen LogP contribution is -2.40. The largest absolute Gasteiger partial charge is 0.481 e. The Kier molecular flexibility index (Phi) is 8.96. The molecule has 0 unspecified atom stereocenters. The Hall–Kier alpha value is -1.30. The van der Waals surface area contributed by atoms with Gasteiger partial charge < -0.3 is 20.6 Å². The van der Waals surface area contributed by atoms with Crippen molar-refractivity contribution < 1.29 is 14.7 Å². The third-order valence-corrected chi connectivity index (χ3v) is 3.42. The van der Waals surface area contributed by atoms with E-state index < -0.39 is 5.97 Å². The van der Waals surface area contributed by atoms with Gasteiger partial charge in [-0.1, -0.05) is 20.8 Å². The van der Waals surface area contributed by atoms with Crippen molar-refractivity contribution in [2.75, 3.05) is 33.2 Å². The van der Waals surface area contributed by atoms with Crippen molar-refractivity contribution in [1.82, 2.24) is 15.5 Å². The van der Waals surface area contributed by atoms with E-state index in [4.69, 9.17) is 5.11 Å². The van der Waals surface area contributed by atoms with Gasteiger partial charge in [-0.25, -0.2) is 4.79 Å². The topological polar surface area (TPSA) is 81.7 Å². The number of likely N-dealkylation sites (N-methyl/N-ethyl adjacent to an activating group) is 1. The summed E-state index contributed by atoms with van der Waals surface area (Å²) in [6.07, 6.45) is 1.55. The molecule has 0 heterocycles. The van der Waals surface area contributed by atoms with Crippen molar-refractivity contribution in [2.24, 2.45) is 5.41 Å². The van der Waals surface area contributed by atoms with E-state index in [-0.39, 0.29) is 17.9 Å². The highest BCUT2D eigenvalue weighted by atomic mass is 16.4. The highest BCUT2D eigenvalue weighted by Gasteiger charge is 2.19. The van der Waals surface area contributed by atoms with E-state index >= 15 is 0 Å². The number of aliphatic carboxylic acids is 1. The van der Waals surface area contributed by atoms with Crippen molar-refractivity contribution in [1.29, 1.82) is 0 Å². The molecule has 118 valence electrons. The average molecular weight is 287 g/mol. The maximum atomic E-state index is 11.5. The van der Waals surface area contributed by atoms with Gasteiger partial charge in [0.15, 0.2) is 0 Å². The van der Waals surface area contributed by atoms with Gasteiger partial charge in [0.05, 0.1) is 0 Å². The smallest absolute Gasteiger partial charge is 0.314 e. The summed E-state index contributed by atoms with van der Waals surface area (Å²) in [4.78, 5) is 24.2. The zero-order valence-electron chi connectivity index (χ0n) is 13.2. The van der Waals surface area contributed by atoms with Gasteiger partial charge >= 0.3 is 12.0 Å². The first-order chi connectivity index (χ1) is 9.26. The van der Waals surface area contributed by atoms with Crippen LogP contribution >= 0.6 is 0 Å². The van der Waals surface area contributed by atoms with Crippen molar-refractivity contribution in [3.05, 3.63) is 0 Å². The summed E-state index contributed by atoms with van der Waals surface area (Å²) in [5, 5.41) is 14.3. The average Bonchev–Trinajstić information content (AvgIpc) is 2.36. The minimum Gasteiger partial charge on any atom is -0.481 e. The fourth-order valence-electron chi connectivity index (χ4n) is 1.67. The first-order valence-electron chi connectivity index (χ1n) is 7.19. The molecule has 0 fully saturated rings. The first kappa shape index (κ1) is 18.7. The van der Waals surface area contributed by atoms with Gasteiger partial charge in [-0.05, 0) is 31.8 Å². The molecule has 0 aliphatic carbocycles. The predicted octanol–water partition coefficient (Wildman–Crippen LogP) is 1.52. The Morgan fingerprint density at radius 2 is 1.75 bits per heavy atom. The number of rotatable bonds is 10. The van der Waals surface area contributed by atoms with Gasteiger partial charge in [-0.3, -0.25) is 4.79 Å². The summed E-state index contributed by atoms with van der Waals surface area (Å²) in [7, 11) is 2.00. The molecule has 0 spiro atoms. The maximum Gasteiger partial charge on any atom is 0.314 e. The number of amides is 2. The number of nitrogens with zero attached hydrogens (tertiary/aromatic N) is 1. The third-order valence-electron chi connectivity index (χ3n) is 3.42. The molecule has 0 atom stereocenters. The van der Waals surface area contributed by atoms with E-state index in [0.29, 0.717) is 19.5 Å². The molecule has 0 saturated heterocycles. The van der Waals surface area contributed by atoms with Crippen molar-refractivity contribution in [2.45, 2.75) is 40.0 Å². The monoisotopic (exact) mass is 287 g/mol. The molecule has 6 heteroatoms. The van der Waals surface area contributed by atoms with Crippen LogP contribution in [-0.4, -0.2) is 55.2 Å². The van der Waals surface area contributed by atoms with Crippen molar-refractivity contribution in [3.8, 4) is 0 Å². The Morgan fingerprint density at radius 1 is 1.15 bits per heavy atom. The molecule has 0 aliphatic rings. The van der Waals surface area contributed by atoms with E-state index in [1.54, 1.807) is 0 Å². The minimum atomic E-state index is -0.774. The van der Waals surface area contributed by atoms with Crippen LogP contribution in [0.1, 0.15) is 40.0 Å². The summed E-state index contributed by atoms with van der Waals surface area (Å²) in [5.74, 6) is -0.774. The van der Waals surface area contributed by atoms with Gasteiger partial charge in [-0.15, -0.1) is 0 Å². The molecule has 0 aromatic rings. The molecule has 3 N–H and O–H groups in total. The highest BCUT2D eigenvalue weighted by Crippen LogP contribution is 2.25. The summed E-state index contributed by atoms with van der Waals surface area (Å²) in [6.45, 7) is 9.08. The van der Waals surface area contributed by atoms with Gasteiger partial charge in [0.1, 0.15) is 0 Å². The van der Waals surface area contributed by atoms with Crippen LogP contribution in [0.15, 0.2) is 0 Å². The molecular formula is C14H29N3O3.